The first kappa shape index (κ1) is 18.9. The van der Waals surface area contributed by atoms with Crippen LogP contribution in [-0.2, 0) is 0 Å². The summed E-state index contributed by atoms with van der Waals surface area (Å²) in [6.07, 6.45) is 0. The minimum absolute atomic E-state index is 0.0548. The van der Waals surface area contributed by atoms with Crippen LogP contribution in [0.5, 0.6) is 5.88 Å². The number of H-pyrrole nitrogens is 1. The van der Waals surface area contributed by atoms with Crippen LogP contribution in [0.15, 0.2) is 45.4 Å². The fraction of sp³-hybridized carbons (Fsp3) is 0.235. The van der Waals surface area contributed by atoms with Crippen LogP contribution in [0, 0.1) is 24.0 Å². The van der Waals surface area contributed by atoms with E-state index in [0.717, 1.165) is 4.68 Å². The number of aromatic amines is 1. The molecule has 0 spiro atoms. The average molecular weight is 383 g/mol. The standard InChI is InChI=1S/C17H17N7O4/c1-4-28-14-9-10(2)18-17(19-14)23-16(25)15(11(3)22-23)21-20-12-5-7-13(8-6-12)24(26)27/h5-9,22H,4H2,1-3H3. The van der Waals surface area contributed by atoms with Crippen LogP contribution in [0.1, 0.15) is 18.3 Å². The molecule has 144 valence electrons. The first-order chi connectivity index (χ1) is 13.4. The van der Waals surface area contributed by atoms with Crippen molar-refractivity contribution in [3.63, 3.8) is 0 Å². The van der Waals surface area contributed by atoms with E-state index in [1.54, 1.807) is 19.9 Å². The van der Waals surface area contributed by atoms with Crippen LogP contribution < -0.4 is 10.3 Å². The molecule has 0 unspecified atom stereocenters. The Morgan fingerprint density at radius 1 is 1.21 bits per heavy atom. The van der Waals surface area contributed by atoms with Crippen molar-refractivity contribution in [2.45, 2.75) is 20.8 Å². The van der Waals surface area contributed by atoms with Crippen LogP contribution >= 0.6 is 0 Å². The maximum absolute atomic E-state index is 12.7. The highest BCUT2D eigenvalue weighted by molar-refractivity contribution is 5.46. The monoisotopic (exact) mass is 383 g/mol. The number of rotatable bonds is 6. The summed E-state index contributed by atoms with van der Waals surface area (Å²) in [5.74, 6) is 0.492. The summed E-state index contributed by atoms with van der Waals surface area (Å²) >= 11 is 0. The summed E-state index contributed by atoms with van der Waals surface area (Å²) in [7, 11) is 0. The molecule has 1 N–H and O–H groups in total. The highest BCUT2D eigenvalue weighted by atomic mass is 16.6. The topological polar surface area (TPSA) is 141 Å². The zero-order chi connectivity index (χ0) is 20.3. The van der Waals surface area contributed by atoms with Crippen molar-refractivity contribution in [1.29, 1.82) is 0 Å². The summed E-state index contributed by atoms with van der Waals surface area (Å²) in [6, 6.07) is 7.18. The van der Waals surface area contributed by atoms with Crippen molar-refractivity contribution in [2.24, 2.45) is 10.2 Å². The number of hydrogen-bond donors (Lipinski definition) is 1. The molecule has 0 amide bonds. The maximum Gasteiger partial charge on any atom is 0.301 e. The van der Waals surface area contributed by atoms with E-state index in [4.69, 9.17) is 4.74 Å². The van der Waals surface area contributed by atoms with Gasteiger partial charge in [0.15, 0.2) is 5.69 Å². The second kappa shape index (κ2) is 7.78. The molecular formula is C17H17N7O4. The van der Waals surface area contributed by atoms with E-state index in [-0.39, 0.29) is 17.3 Å². The van der Waals surface area contributed by atoms with Crippen LogP contribution in [-0.4, -0.2) is 31.3 Å². The van der Waals surface area contributed by atoms with Gasteiger partial charge in [-0.05, 0) is 32.9 Å². The summed E-state index contributed by atoms with van der Waals surface area (Å²) in [5, 5.41) is 21.5. The molecule has 3 rings (SSSR count). The molecule has 0 saturated carbocycles. The zero-order valence-corrected chi connectivity index (χ0v) is 15.4. The van der Waals surface area contributed by atoms with Crippen molar-refractivity contribution in [3.05, 3.63) is 62.2 Å². The Bertz CT molecular complexity index is 1100. The molecule has 0 aliphatic heterocycles. The Labute approximate surface area is 158 Å². The lowest BCUT2D eigenvalue weighted by Gasteiger charge is -2.05. The van der Waals surface area contributed by atoms with E-state index < -0.39 is 10.5 Å². The largest absolute Gasteiger partial charge is 0.478 e. The predicted octanol–water partition coefficient (Wildman–Crippen LogP) is 3.29. The molecule has 2 heterocycles. The summed E-state index contributed by atoms with van der Waals surface area (Å²) in [5.41, 5.74) is 1.04. The number of ether oxygens (including phenoxy) is 1. The van der Waals surface area contributed by atoms with Gasteiger partial charge in [0, 0.05) is 23.9 Å². The Balaban J connectivity index is 1.94. The summed E-state index contributed by atoms with van der Waals surface area (Å²) in [6.45, 7) is 5.70. The SMILES string of the molecule is CCOc1cc(C)nc(-n2[nH]c(C)c(N=Nc3ccc([N+](=O)[O-])cc3)c2=O)n1. The molecular weight excluding hydrogens is 366 g/mol. The van der Waals surface area contributed by atoms with Gasteiger partial charge in [-0.15, -0.1) is 5.11 Å². The molecule has 11 heteroatoms. The number of nitrogens with zero attached hydrogens (tertiary/aromatic N) is 6. The number of benzene rings is 1. The molecule has 0 atom stereocenters. The predicted molar refractivity (Wildman–Crippen MR) is 99.9 cm³/mol. The fourth-order valence-corrected chi connectivity index (χ4v) is 2.39. The molecule has 0 bridgehead atoms. The third-order valence-corrected chi connectivity index (χ3v) is 3.68. The Kier molecular flexibility index (Phi) is 5.25. The van der Waals surface area contributed by atoms with E-state index in [2.05, 4.69) is 25.3 Å². The van der Waals surface area contributed by atoms with Gasteiger partial charge in [0.2, 0.25) is 5.88 Å². The number of azo groups is 1. The Hall–Kier alpha value is -3.89. The lowest BCUT2D eigenvalue weighted by atomic mass is 10.3. The normalized spacial score (nSPS) is 11.1. The van der Waals surface area contributed by atoms with Crippen LogP contribution in [0.2, 0.25) is 0 Å². The van der Waals surface area contributed by atoms with Gasteiger partial charge in [-0.25, -0.2) is 4.98 Å². The Morgan fingerprint density at radius 2 is 1.93 bits per heavy atom. The van der Waals surface area contributed by atoms with Gasteiger partial charge in [-0.1, -0.05) is 0 Å². The minimum atomic E-state index is -0.506. The summed E-state index contributed by atoms with van der Waals surface area (Å²) in [4.78, 5) is 31.4. The van der Waals surface area contributed by atoms with Crippen molar-refractivity contribution in [1.82, 2.24) is 19.7 Å². The smallest absolute Gasteiger partial charge is 0.301 e. The lowest BCUT2D eigenvalue weighted by molar-refractivity contribution is -0.384. The molecule has 28 heavy (non-hydrogen) atoms. The van der Waals surface area contributed by atoms with Crippen molar-refractivity contribution >= 4 is 17.1 Å². The molecule has 11 nitrogen and oxygen atoms in total. The van der Waals surface area contributed by atoms with Crippen molar-refractivity contribution in [2.75, 3.05) is 6.61 Å². The molecule has 0 radical (unpaired) electrons. The minimum Gasteiger partial charge on any atom is -0.478 e. The molecule has 0 aliphatic carbocycles. The maximum atomic E-state index is 12.7. The number of nitro groups is 1. The number of non-ortho nitro benzene ring substituents is 1. The van der Waals surface area contributed by atoms with E-state index in [1.165, 1.54) is 24.3 Å². The van der Waals surface area contributed by atoms with E-state index in [1.807, 2.05) is 6.92 Å². The molecule has 2 aromatic heterocycles. The first-order valence-corrected chi connectivity index (χ1v) is 8.35. The van der Waals surface area contributed by atoms with Gasteiger partial charge in [0.05, 0.1) is 22.9 Å². The van der Waals surface area contributed by atoms with Crippen LogP contribution in [0.3, 0.4) is 0 Å². The third kappa shape index (κ3) is 3.92. The van der Waals surface area contributed by atoms with E-state index >= 15 is 0 Å². The number of aromatic nitrogens is 4. The van der Waals surface area contributed by atoms with Gasteiger partial charge >= 0.3 is 5.56 Å². The number of nitro benzene ring substituents is 1. The van der Waals surface area contributed by atoms with Crippen molar-refractivity contribution in [3.8, 4) is 11.8 Å². The highest BCUT2D eigenvalue weighted by Gasteiger charge is 2.15. The van der Waals surface area contributed by atoms with Crippen LogP contribution in [0.4, 0.5) is 17.1 Å². The Morgan fingerprint density at radius 3 is 2.57 bits per heavy atom. The average Bonchev–Trinajstić information content (AvgIpc) is 2.94. The van der Waals surface area contributed by atoms with Gasteiger partial charge in [0.25, 0.3) is 11.6 Å². The van der Waals surface area contributed by atoms with Gasteiger partial charge in [-0.3, -0.25) is 20.0 Å². The first-order valence-electron chi connectivity index (χ1n) is 8.35. The molecule has 1 aromatic carbocycles. The van der Waals surface area contributed by atoms with E-state index in [0.29, 0.717) is 29.6 Å². The molecule has 0 fully saturated rings. The second-order valence-corrected chi connectivity index (χ2v) is 5.78. The van der Waals surface area contributed by atoms with Gasteiger partial charge in [0.1, 0.15) is 0 Å². The van der Waals surface area contributed by atoms with Gasteiger partial charge < -0.3 is 4.74 Å². The molecule has 0 saturated heterocycles. The third-order valence-electron chi connectivity index (χ3n) is 3.68. The number of aryl methyl sites for hydroxylation is 2. The quantitative estimate of drug-likeness (QED) is 0.393. The van der Waals surface area contributed by atoms with E-state index in [9.17, 15) is 14.9 Å². The summed E-state index contributed by atoms with van der Waals surface area (Å²) < 4.78 is 6.55. The molecule has 3 aromatic rings. The number of nitrogens with one attached hydrogen (secondary N) is 1. The lowest BCUT2D eigenvalue weighted by Crippen LogP contribution is -2.18. The fourth-order valence-electron chi connectivity index (χ4n) is 2.39. The molecule has 0 aliphatic rings. The number of hydrogen-bond acceptors (Lipinski definition) is 8. The van der Waals surface area contributed by atoms with Crippen molar-refractivity contribution < 1.29 is 9.66 Å². The highest BCUT2D eigenvalue weighted by Crippen LogP contribution is 2.21. The zero-order valence-electron chi connectivity index (χ0n) is 15.4. The van der Waals surface area contributed by atoms with Crippen LogP contribution in [0.25, 0.3) is 5.95 Å². The van der Waals surface area contributed by atoms with Gasteiger partial charge in [-0.2, -0.15) is 14.8 Å². The second-order valence-electron chi connectivity index (χ2n) is 5.78.